The summed E-state index contributed by atoms with van der Waals surface area (Å²) in [6.45, 7) is 0. The van der Waals surface area contributed by atoms with Crippen molar-refractivity contribution in [1.82, 2.24) is 9.78 Å². The molecule has 4 nitrogen and oxygen atoms in total. The number of hydrogen-bond donors (Lipinski definition) is 1. The van der Waals surface area contributed by atoms with Crippen LogP contribution in [0.1, 0.15) is 11.3 Å². The number of nitrogens with zero attached hydrogens (tertiary/aromatic N) is 2. The number of aliphatic hydroxyl groups excluding tert-OH is 1. The number of ether oxygens (including phenoxy) is 1. The third-order valence-electron chi connectivity index (χ3n) is 3.29. The van der Waals surface area contributed by atoms with Gasteiger partial charge in [-0.3, -0.25) is 4.68 Å². The van der Waals surface area contributed by atoms with Crippen molar-refractivity contribution in [1.29, 1.82) is 0 Å². The van der Waals surface area contributed by atoms with Crippen LogP contribution in [-0.2, 0) is 19.9 Å². The minimum absolute atomic E-state index is 0.163. The van der Waals surface area contributed by atoms with E-state index in [2.05, 4.69) is 5.10 Å². The molecule has 2 unspecified atom stereocenters. The lowest BCUT2D eigenvalue weighted by atomic mass is 10.0. The molecule has 4 heteroatoms. The van der Waals surface area contributed by atoms with Gasteiger partial charge in [0.1, 0.15) is 11.9 Å². The topological polar surface area (TPSA) is 47.3 Å². The first-order valence-corrected chi connectivity index (χ1v) is 6.13. The number of hydrogen-bond acceptors (Lipinski definition) is 3. The van der Waals surface area contributed by atoms with E-state index in [0.717, 1.165) is 17.9 Å². The standard InChI is InChI=1S/C14H16N2O2/c1-16-7-6-11(15-16)9-12(17)14-8-10-4-2-3-5-13(10)18-14/h2-7,12,14,17H,8-9H2,1H3. The molecular weight excluding hydrogens is 228 g/mol. The van der Waals surface area contributed by atoms with E-state index in [4.69, 9.17) is 4.74 Å². The molecule has 1 aromatic heterocycles. The predicted molar refractivity (Wildman–Crippen MR) is 67.5 cm³/mol. The van der Waals surface area contributed by atoms with E-state index in [1.807, 2.05) is 43.6 Å². The zero-order valence-corrected chi connectivity index (χ0v) is 10.3. The van der Waals surface area contributed by atoms with Crippen LogP contribution in [0.3, 0.4) is 0 Å². The fraction of sp³-hybridized carbons (Fsp3) is 0.357. The molecule has 18 heavy (non-hydrogen) atoms. The molecule has 2 atom stereocenters. The third-order valence-corrected chi connectivity index (χ3v) is 3.29. The van der Waals surface area contributed by atoms with Gasteiger partial charge in [0.25, 0.3) is 0 Å². The van der Waals surface area contributed by atoms with E-state index in [-0.39, 0.29) is 6.10 Å². The maximum Gasteiger partial charge on any atom is 0.129 e. The highest BCUT2D eigenvalue weighted by atomic mass is 16.5. The SMILES string of the molecule is Cn1ccc(CC(O)C2Cc3ccccc3O2)n1. The van der Waals surface area contributed by atoms with Crippen molar-refractivity contribution < 1.29 is 9.84 Å². The normalized spacial score (nSPS) is 19.3. The van der Waals surface area contributed by atoms with Crippen LogP contribution >= 0.6 is 0 Å². The van der Waals surface area contributed by atoms with Crippen LogP contribution < -0.4 is 4.74 Å². The average Bonchev–Trinajstić information content (AvgIpc) is 2.95. The summed E-state index contributed by atoms with van der Waals surface area (Å²) in [5.41, 5.74) is 2.06. The van der Waals surface area contributed by atoms with Crippen LogP contribution in [0.25, 0.3) is 0 Å². The van der Waals surface area contributed by atoms with Gasteiger partial charge in [0.2, 0.25) is 0 Å². The van der Waals surface area contributed by atoms with E-state index in [1.54, 1.807) is 4.68 Å². The monoisotopic (exact) mass is 244 g/mol. The molecule has 1 aliphatic heterocycles. The Morgan fingerprint density at radius 2 is 2.28 bits per heavy atom. The number of para-hydroxylation sites is 1. The van der Waals surface area contributed by atoms with E-state index < -0.39 is 6.10 Å². The van der Waals surface area contributed by atoms with Crippen molar-refractivity contribution in [3.8, 4) is 5.75 Å². The fourth-order valence-corrected chi connectivity index (χ4v) is 2.34. The van der Waals surface area contributed by atoms with Gasteiger partial charge in [-0.15, -0.1) is 0 Å². The van der Waals surface area contributed by atoms with Crippen LogP contribution in [0.5, 0.6) is 5.75 Å². The number of aliphatic hydroxyl groups is 1. The summed E-state index contributed by atoms with van der Waals surface area (Å²) in [7, 11) is 1.87. The van der Waals surface area contributed by atoms with Crippen LogP contribution in [0.15, 0.2) is 36.5 Å². The molecule has 94 valence electrons. The minimum Gasteiger partial charge on any atom is -0.487 e. The first-order chi connectivity index (χ1) is 8.72. The quantitative estimate of drug-likeness (QED) is 0.886. The first-order valence-electron chi connectivity index (χ1n) is 6.13. The molecule has 0 saturated carbocycles. The van der Waals surface area contributed by atoms with Crippen LogP contribution in [0.4, 0.5) is 0 Å². The van der Waals surface area contributed by atoms with Gasteiger partial charge in [-0.05, 0) is 17.7 Å². The predicted octanol–water partition coefficient (Wildman–Crippen LogP) is 1.33. The van der Waals surface area contributed by atoms with Crippen molar-refractivity contribution in [2.75, 3.05) is 0 Å². The molecule has 0 spiro atoms. The van der Waals surface area contributed by atoms with Gasteiger partial charge >= 0.3 is 0 Å². The fourth-order valence-electron chi connectivity index (χ4n) is 2.34. The summed E-state index contributed by atoms with van der Waals surface area (Å²) in [4.78, 5) is 0. The Hall–Kier alpha value is -1.81. The zero-order valence-electron chi connectivity index (χ0n) is 10.3. The molecule has 1 N–H and O–H groups in total. The Bertz CT molecular complexity index is 525. The number of benzene rings is 1. The maximum absolute atomic E-state index is 10.2. The highest BCUT2D eigenvalue weighted by Gasteiger charge is 2.29. The molecule has 0 aliphatic carbocycles. The Balaban J connectivity index is 1.67. The lowest BCUT2D eigenvalue weighted by molar-refractivity contribution is 0.0495. The zero-order chi connectivity index (χ0) is 12.5. The van der Waals surface area contributed by atoms with Gasteiger partial charge in [-0.25, -0.2) is 0 Å². The second-order valence-corrected chi connectivity index (χ2v) is 4.72. The molecule has 0 amide bonds. The summed E-state index contributed by atoms with van der Waals surface area (Å²) in [5.74, 6) is 0.891. The number of fused-ring (bicyclic) bond motifs is 1. The molecule has 2 heterocycles. The van der Waals surface area contributed by atoms with E-state index in [0.29, 0.717) is 6.42 Å². The summed E-state index contributed by atoms with van der Waals surface area (Å²) in [6.07, 6.45) is 2.49. The highest BCUT2D eigenvalue weighted by molar-refractivity contribution is 5.37. The Kier molecular flexibility index (Phi) is 2.80. The Labute approximate surface area is 106 Å². The molecule has 1 aromatic carbocycles. The molecular formula is C14H16N2O2. The largest absolute Gasteiger partial charge is 0.487 e. The third kappa shape index (κ3) is 2.11. The molecule has 2 aromatic rings. The van der Waals surface area contributed by atoms with Gasteiger partial charge in [-0.1, -0.05) is 18.2 Å². The van der Waals surface area contributed by atoms with Gasteiger partial charge in [0, 0.05) is 26.1 Å². The molecule has 0 bridgehead atoms. The summed E-state index contributed by atoms with van der Waals surface area (Å²) >= 11 is 0. The second-order valence-electron chi connectivity index (χ2n) is 4.72. The van der Waals surface area contributed by atoms with Crippen molar-refractivity contribution in [3.63, 3.8) is 0 Å². The number of aromatic nitrogens is 2. The van der Waals surface area contributed by atoms with E-state index >= 15 is 0 Å². The van der Waals surface area contributed by atoms with Gasteiger partial charge in [-0.2, -0.15) is 5.10 Å². The van der Waals surface area contributed by atoms with Gasteiger partial charge < -0.3 is 9.84 Å². The van der Waals surface area contributed by atoms with Crippen molar-refractivity contribution >= 4 is 0 Å². The number of rotatable bonds is 3. The van der Waals surface area contributed by atoms with Gasteiger partial charge in [0.15, 0.2) is 0 Å². The Morgan fingerprint density at radius 1 is 1.44 bits per heavy atom. The second kappa shape index (κ2) is 4.46. The molecule has 0 saturated heterocycles. The lowest BCUT2D eigenvalue weighted by Crippen LogP contribution is -2.32. The average molecular weight is 244 g/mol. The first kappa shape index (κ1) is 11.3. The van der Waals surface area contributed by atoms with Crippen molar-refractivity contribution in [2.24, 2.45) is 7.05 Å². The van der Waals surface area contributed by atoms with Gasteiger partial charge in [0.05, 0.1) is 11.8 Å². The molecule has 0 radical (unpaired) electrons. The smallest absolute Gasteiger partial charge is 0.129 e. The summed E-state index contributed by atoms with van der Waals surface area (Å²) < 4.78 is 7.51. The number of aryl methyl sites for hydroxylation is 1. The van der Waals surface area contributed by atoms with E-state index in [9.17, 15) is 5.11 Å². The van der Waals surface area contributed by atoms with Crippen LogP contribution in [0, 0.1) is 0 Å². The molecule has 3 rings (SSSR count). The Morgan fingerprint density at radius 3 is 3.00 bits per heavy atom. The van der Waals surface area contributed by atoms with E-state index in [1.165, 1.54) is 5.56 Å². The molecule has 0 fully saturated rings. The lowest BCUT2D eigenvalue weighted by Gasteiger charge is -2.16. The van der Waals surface area contributed by atoms with Crippen LogP contribution in [0.2, 0.25) is 0 Å². The maximum atomic E-state index is 10.2. The molecule has 1 aliphatic rings. The summed E-state index contributed by atoms with van der Waals surface area (Å²) in [6, 6.07) is 9.86. The highest BCUT2D eigenvalue weighted by Crippen LogP contribution is 2.30. The van der Waals surface area contributed by atoms with Crippen molar-refractivity contribution in [3.05, 3.63) is 47.8 Å². The van der Waals surface area contributed by atoms with Crippen LogP contribution in [-0.4, -0.2) is 27.1 Å². The minimum atomic E-state index is -0.521. The summed E-state index contributed by atoms with van der Waals surface area (Å²) in [5, 5.41) is 14.5. The van der Waals surface area contributed by atoms with Crippen molar-refractivity contribution in [2.45, 2.75) is 25.0 Å².